The molecule has 0 amide bonds. The summed E-state index contributed by atoms with van der Waals surface area (Å²) in [6.07, 6.45) is 2.38. The fourth-order valence-electron chi connectivity index (χ4n) is 1.34. The third-order valence-electron chi connectivity index (χ3n) is 2.26. The third kappa shape index (κ3) is 2.77. The second kappa shape index (κ2) is 5.29. The van der Waals surface area contributed by atoms with Gasteiger partial charge in [-0.05, 0) is 24.6 Å². The van der Waals surface area contributed by atoms with Crippen LogP contribution in [0.4, 0.5) is 5.69 Å². The minimum atomic E-state index is 0.728. The lowest BCUT2D eigenvalue weighted by Crippen LogP contribution is -2.18. The molecule has 0 unspecified atom stereocenters. The molecule has 0 saturated carbocycles. The Kier molecular flexibility index (Phi) is 4.00. The average molecular weight is 188 g/mol. The van der Waals surface area contributed by atoms with Crippen molar-refractivity contribution in [3.8, 4) is 6.07 Å². The number of unbranched alkanes of at least 4 members (excludes halogenated alkanes) is 1. The Hall–Kier alpha value is -1.49. The van der Waals surface area contributed by atoms with Crippen molar-refractivity contribution >= 4 is 5.69 Å². The smallest absolute Gasteiger partial charge is 0.0992 e. The van der Waals surface area contributed by atoms with Crippen LogP contribution in [0.5, 0.6) is 0 Å². The standard InChI is InChI=1S/C12H16N2/c1-3-4-8-14(2)12-7-5-6-11(9-12)10-13/h5-7,9H,3-4,8H2,1-2H3. The summed E-state index contributed by atoms with van der Waals surface area (Å²) in [5.41, 5.74) is 1.85. The highest BCUT2D eigenvalue weighted by molar-refractivity contribution is 5.50. The van der Waals surface area contributed by atoms with Gasteiger partial charge in [-0.1, -0.05) is 19.4 Å². The first-order chi connectivity index (χ1) is 6.77. The second-order valence-electron chi connectivity index (χ2n) is 3.44. The van der Waals surface area contributed by atoms with Gasteiger partial charge in [0.15, 0.2) is 0 Å². The van der Waals surface area contributed by atoms with Crippen molar-refractivity contribution in [2.45, 2.75) is 19.8 Å². The van der Waals surface area contributed by atoms with E-state index in [0.29, 0.717) is 0 Å². The average Bonchev–Trinajstić information content (AvgIpc) is 2.26. The molecule has 0 aliphatic carbocycles. The summed E-state index contributed by atoms with van der Waals surface area (Å²) >= 11 is 0. The fraction of sp³-hybridized carbons (Fsp3) is 0.417. The van der Waals surface area contributed by atoms with E-state index >= 15 is 0 Å². The van der Waals surface area contributed by atoms with Gasteiger partial charge in [-0.2, -0.15) is 5.26 Å². The molecular formula is C12H16N2. The molecule has 0 heterocycles. The van der Waals surface area contributed by atoms with E-state index in [2.05, 4.69) is 24.9 Å². The van der Waals surface area contributed by atoms with Gasteiger partial charge < -0.3 is 4.90 Å². The van der Waals surface area contributed by atoms with Crippen LogP contribution in [0.3, 0.4) is 0 Å². The Bertz CT molecular complexity index is 325. The third-order valence-corrected chi connectivity index (χ3v) is 2.26. The summed E-state index contributed by atoms with van der Waals surface area (Å²) in [6.45, 7) is 3.23. The lowest BCUT2D eigenvalue weighted by Gasteiger charge is -2.18. The zero-order chi connectivity index (χ0) is 10.4. The van der Waals surface area contributed by atoms with Crippen LogP contribution in [-0.2, 0) is 0 Å². The molecule has 0 spiro atoms. The zero-order valence-electron chi connectivity index (χ0n) is 8.83. The van der Waals surface area contributed by atoms with E-state index in [4.69, 9.17) is 5.26 Å². The van der Waals surface area contributed by atoms with E-state index in [-0.39, 0.29) is 0 Å². The van der Waals surface area contributed by atoms with Crippen LogP contribution >= 0.6 is 0 Å². The maximum Gasteiger partial charge on any atom is 0.0992 e. The Morgan fingerprint density at radius 3 is 2.86 bits per heavy atom. The molecule has 0 bridgehead atoms. The first kappa shape index (κ1) is 10.6. The number of hydrogen-bond acceptors (Lipinski definition) is 2. The van der Waals surface area contributed by atoms with E-state index in [9.17, 15) is 0 Å². The first-order valence-corrected chi connectivity index (χ1v) is 4.99. The van der Waals surface area contributed by atoms with Gasteiger partial charge >= 0.3 is 0 Å². The molecule has 2 nitrogen and oxygen atoms in total. The molecule has 0 atom stereocenters. The fourth-order valence-corrected chi connectivity index (χ4v) is 1.34. The minimum absolute atomic E-state index is 0.728. The number of hydrogen-bond donors (Lipinski definition) is 0. The van der Waals surface area contributed by atoms with Crippen molar-refractivity contribution in [3.63, 3.8) is 0 Å². The predicted molar refractivity (Wildman–Crippen MR) is 59.3 cm³/mol. The van der Waals surface area contributed by atoms with Gasteiger partial charge in [0, 0.05) is 19.3 Å². The molecule has 0 aliphatic rings. The molecule has 0 N–H and O–H groups in total. The van der Waals surface area contributed by atoms with E-state index in [0.717, 1.165) is 17.8 Å². The normalized spacial score (nSPS) is 9.50. The minimum Gasteiger partial charge on any atom is -0.375 e. The van der Waals surface area contributed by atoms with Gasteiger partial charge in [-0.25, -0.2) is 0 Å². The van der Waals surface area contributed by atoms with Crippen molar-refractivity contribution < 1.29 is 0 Å². The van der Waals surface area contributed by atoms with Crippen LogP contribution in [0.25, 0.3) is 0 Å². The molecule has 0 saturated heterocycles. The van der Waals surface area contributed by atoms with E-state index in [1.165, 1.54) is 12.8 Å². The summed E-state index contributed by atoms with van der Waals surface area (Å²) in [4.78, 5) is 2.18. The Morgan fingerprint density at radius 2 is 2.21 bits per heavy atom. The van der Waals surface area contributed by atoms with Crippen LogP contribution in [0.2, 0.25) is 0 Å². The molecular weight excluding hydrogens is 172 g/mol. The SMILES string of the molecule is CCCCN(C)c1cccc(C#N)c1. The molecule has 14 heavy (non-hydrogen) atoms. The van der Waals surface area contributed by atoms with Crippen LogP contribution in [-0.4, -0.2) is 13.6 Å². The molecule has 0 aliphatic heterocycles. The Balaban J connectivity index is 2.70. The van der Waals surface area contributed by atoms with Crippen molar-refractivity contribution in [1.29, 1.82) is 5.26 Å². The number of benzene rings is 1. The number of nitriles is 1. The van der Waals surface area contributed by atoms with Crippen molar-refractivity contribution in [2.24, 2.45) is 0 Å². The topological polar surface area (TPSA) is 27.0 Å². The van der Waals surface area contributed by atoms with Gasteiger partial charge in [0.05, 0.1) is 11.6 Å². The predicted octanol–water partition coefficient (Wildman–Crippen LogP) is 2.79. The molecule has 1 aromatic rings. The number of rotatable bonds is 4. The summed E-state index contributed by atoms with van der Waals surface area (Å²) in [7, 11) is 2.06. The monoisotopic (exact) mass is 188 g/mol. The second-order valence-corrected chi connectivity index (χ2v) is 3.44. The summed E-state index contributed by atoms with van der Waals surface area (Å²) < 4.78 is 0. The maximum absolute atomic E-state index is 8.75. The zero-order valence-corrected chi connectivity index (χ0v) is 8.83. The van der Waals surface area contributed by atoms with Crippen LogP contribution in [0.1, 0.15) is 25.3 Å². The van der Waals surface area contributed by atoms with Crippen molar-refractivity contribution in [1.82, 2.24) is 0 Å². The number of anilines is 1. The van der Waals surface area contributed by atoms with Crippen molar-refractivity contribution in [2.75, 3.05) is 18.5 Å². The van der Waals surface area contributed by atoms with Crippen molar-refractivity contribution in [3.05, 3.63) is 29.8 Å². The summed E-state index contributed by atoms with van der Waals surface area (Å²) in [5.74, 6) is 0. The van der Waals surface area contributed by atoms with E-state index in [1.54, 1.807) is 0 Å². The molecule has 1 rings (SSSR count). The highest BCUT2D eigenvalue weighted by atomic mass is 15.1. The highest BCUT2D eigenvalue weighted by Crippen LogP contribution is 2.14. The van der Waals surface area contributed by atoms with E-state index < -0.39 is 0 Å². The van der Waals surface area contributed by atoms with Gasteiger partial charge in [0.1, 0.15) is 0 Å². The van der Waals surface area contributed by atoms with Crippen LogP contribution < -0.4 is 4.90 Å². The summed E-state index contributed by atoms with van der Waals surface area (Å²) in [6, 6.07) is 9.87. The highest BCUT2D eigenvalue weighted by Gasteiger charge is 2.00. The Labute approximate surface area is 85.8 Å². The lowest BCUT2D eigenvalue weighted by atomic mass is 10.2. The largest absolute Gasteiger partial charge is 0.375 e. The Morgan fingerprint density at radius 1 is 1.43 bits per heavy atom. The molecule has 1 aromatic carbocycles. The van der Waals surface area contributed by atoms with E-state index in [1.807, 2.05) is 24.3 Å². The molecule has 0 fully saturated rings. The molecule has 74 valence electrons. The van der Waals surface area contributed by atoms with Crippen LogP contribution in [0.15, 0.2) is 24.3 Å². The van der Waals surface area contributed by atoms with Gasteiger partial charge in [0.25, 0.3) is 0 Å². The quantitative estimate of drug-likeness (QED) is 0.726. The molecule has 0 radical (unpaired) electrons. The maximum atomic E-state index is 8.75. The number of nitrogens with zero attached hydrogens (tertiary/aromatic N) is 2. The molecule has 2 heteroatoms. The first-order valence-electron chi connectivity index (χ1n) is 4.99. The van der Waals surface area contributed by atoms with Gasteiger partial charge in [-0.3, -0.25) is 0 Å². The molecule has 0 aromatic heterocycles. The van der Waals surface area contributed by atoms with Gasteiger partial charge in [-0.15, -0.1) is 0 Å². The summed E-state index contributed by atoms with van der Waals surface area (Å²) in [5, 5.41) is 8.75. The lowest BCUT2D eigenvalue weighted by molar-refractivity contribution is 0.766. The van der Waals surface area contributed by atoms with Crippen LogP contribution in [0, 0.1) is 11.3 Å². The van der Waals surface area contributed by atoms with Gasteiger partial charge in [0.2, 0.25) is 0 Å².